The topological polar surface area (TPSA) is 26.0 Å². The summed E-state index contributed by atoms with van der Waals surface area (Å²) in [5, 5.41) is 0. The zero-order chi connectivity index (χ0) is 13.2. The molecule has 1 saturated carbocycles. The highest BCUT2D eigenvalue weighted by molar-refractivity contribution is 5.65. The van der Waals surface area contributed by atoms with E-state index in [4.69, 9.17) is 5.73 Å². The number of hydrogen-bond donors (Lipinski definition) is 1. The van der Waals surface area contributed by atoms with Crippen molar-refractivity contribution in [2.75, 3.05) is 0 Å². The number of rotatable bonds is 3. The van der Waals surface area contributed by atoms with Gasteiger partial charge in [-0.05, 0) is 41.5 Å². The van der Waals surface area contributed by atoms with Crippen molar-refractivity contribution in [3.05, 3.63) is 59.4 Å². The van der Waals surface area contributed by atoms with Gasteiger partial charge in [0, 0.05) is 12.1 Å². The number of hydrogen-bond acceptors (Lipinski definition) is 1. The van der Waals surface area contributed by atoms with E-state index >= 15 is 0 Å². The molecule has 0 bridgehead atoms. The third-order valence-corrected chi connectivity index (χ3v) is 4.04. The maximum Gasteiger partial charge on any atom is 0.131 e. The van der Waals surface area contributed by atoms with Crippen molar-refractivity contribution in [3.63, 3.8) is 0 Å². The average molecular weight is 255 g/mol. The van der Waals surface area contributed by atoms with Crippen LogP contribution in [0.25, 0.3) is 11.1 Å². The van der Waals surface area contributed by atoms with E-state index in [1.54, 1.807) is 0 Å². The van der Waals surface area contributed by atoms with Gasteiger partial charge >= 0.3 is 0 Å². The normalized spacial score (nSPS) is 15.3. The summed E-state index contributed by atoms with van der Waals surface area (Å²) in [5.74, 6) is 0.486. The van der Waals surface area contributed by atoms with E-state index in [2.05, 4.69) is 12.1 Å². The molecular formula is C17H18FN. The van der Waals surface area contributed by atoms with Gasteiger partial charge in [-0.15, -0.1) is 0 Å². The lowest BCUT2D eigenvalue weighted by Crippen LogP contribution is -2.08. The Morgan fingerprint density at radius 3 is 2.58 bits per heavy atom. The molecule has 19 heavy (non-hydrogen) atoms. The number of benzene rings is 2. The second-order valence-corrected chi connectivity index (χ2v) is 5.27. The summed E-state index contributed by atoms with van der Waals surface area (Å²) < 4.78 is 14.1. The molecule has 0 unspecified atom stereocenters. The van der Waals surface area contributed by atoms with Crippen LogP contribution in [0.2, 0.25) is 0 Å². The highest BCUT2D eigenvalue weighted by Gasteiger charge is 2.19. The fourth-order valence-electron chi connectivity index (χ4n) is 2.62. The first-order valence-corrected chi connectivity index (χ1v) is 6.87. The predicted octanol–water partition coefficient (Wildman–Crippen LogP) is 4.22. The molecule has 1 fully saturated rings. The van der Waals surface area contributed by atoms with Crippen LogP contribution in [0, 0.1) is 5.82 Å². The van der Waals surface area contributed by atoms with E-state index in [1.807, 2.05) is 24.3 Å². The zero-order valence-electron chi connectivity index (χ0n) is 10.9. The van der Waals surface area contributed by atoms with Crippen LogP contribution in [0.1, 0.15) is 36.3 Å². The van der Waals surface area contributed by atoms with Crippen molar-refractivity contribution in [1.29, 1.82) is 0 Å². The van der Waals surface area contributed by atoms with Gasteiger partial charge in [0.1, 0.15) is 5.82 Å². The van der Waals surface area contributed by atoms with Gasteiger partial charge in [0.25, 0.3) is 0 Å². The van der Waals surface area contributed by atoms with Crippen molar-refractivity contribution in [3.8, 4) is 11.1 Å². The van der Waals surface area contributed by atoms with E-state index in [0.29, 0.717) is 18.0 Å². The third-order valence-electron chi connectivity index (χ3n) is 4.04. The molecule has 0 atom stereocenters. The first kappa shape index (κ1) is 12.4. The van der Waals surface area contributed by atoms with Crippen LogP contribution in [0.15, 0.2) is 42.5 Å². The molecule has 0 saturated heterocycles. The summed E-state index contributed by atoms with van der Waals surface area (Å²) >= 11 is 0. The van der Waals surface area contributed by atoms with Crippen LogP contribution in [0.5, 0.6) is 0 Å². The number of nitrogens with two attached hydrogens (primary N) is 1. The second-order valence-electron chi connectivity index (χ2n) is 5.27. The Kier molecular flexibility index (Phi) is 3.34. The smallest absolute Gasteiger partial charge is 0.131 e. The molecule has 1 nitrogen and oxygen atoms in total. The molecule has 1 aliphatic carbocycles. The Bertz CT molecular complexity index is 588. The van der Waals surface area contributed by atoms with Crippen molar-refractivity contribution in [2.45, 2.75) is 31.7 Å². The van der Waals surface area contributed by atoms with Crippen molar-refractivity contribution in [2.24, 2.45) is 5.73 Å². The van der Waals surface area contributed by atoms with Crippen molar-refractivity contribution < 1.29 is 4.39 Å². The molecule has 2 aromatic carbocycles. The standard InChI is InChI=1S/C17H18FN/c18-17-9-12(11-19)7-8-16(17)15-6-2-5-14(10-15)13-3-1-4-13/h2,5-10,13H,1,3-4,11,19H2. The maximum absolute atomic E-state index is 14.1. The minimum atomic E-state index is -0.186. The SMILES string of the molecule is NCc1ccc(-c2cccc(C3CCC3)c2)c(F)c1. The van der Waals surface area contributed by atoms with Crippen LogP contribution < -0.4 is 5.73 Å². The molecule has 0 spiro atoms. The van der Waals surface area contributed by atoms with Gasteiger partial charge < -0.3 is 5.73 Å². The van der Waals surface area contributed by atoms with Crippen molar-refractivity contribution >= 4 is 0 Å². The van der Waals surface area contributed by atoms with Gasteiger partial charge in [0.15, 0.2) is 0 Å². The molecule has 0 heterocycles. The summed E-state index contributed by atoms with van der Waals surface area (Å²) in [4.78, 5) is 0. The molecule has 0 aromatic heterocycles. The highest BCUT2D eigenvalue weighted by atomic mass is 19.1. The van der Waals surface area contributed by atoms with Gasteiger partial charge in [-0.25, -0.2) is 4.39 Å². The van der Waals surface area contributed by atoms with Gasteiger partial charge in [0.2, 0.25) is 0 Å². The van der Waals surface area contributed by atoms with Crippen molar-refractivity contribution in [1.82, 2.24) is 0 Å². The molecule has 2 heteroatoms. The molecule has 2 N–H and O–H groups in total. The van der Waals surface area contributed by atoms with Crippen LogP contribution in [-0.2, 0) is 6.54 Å². The lowest BCUT2D eigenvalue weighted by molar-refractivity contribution is 0.420. The quantitative estimate of drug-likeness (QED) is 0.873. The van der Waals surface area contributed by atoms with E-state index in [0.717, 1.165) is 11.1 Å². The maximum atomic E-state index is 14.1. The highest BCUT2D eigenvalue weighted by Crippen LogP contribution is 2.37. The zero-order valence-corrected chi connectivity index (χ0v) is 10.9. The summed E-state index contributed by atoms with van der Waals surface area (Å²) in [6.45, 7) is 0.374. The molecule has 0 aliphatic heterocycles. The van der Waals surface area contributed by atoms with Crippen LogP contribution in [0.3, 0.4) is 0 Å². The fraction of sp³-hybridized carbons (Fsp3) is 0.294. The van der Waals surface area contributed by atoms with Crippen LogP contribution in [0.4, 0.5) is 4.39 Å². The van der Waals surface area contributed by atoms with Gasteiger partial charge in [0.05, 0.1) is 0 Å². The van der Waals surface area contributed by atoms with E-state index in [-0.39, 0.29) is 5.82 Å². The van der Waals surface area contributed by atoms with Crippen LogP contribution >= 0.6 is 0 Å². The summed E-state index contributed by atoms with van der Waals surface area (Å²) in [5.41, 5.74) is 9.33. The predicted molar refractivity (Wildman–Crippen MR) is 76.3 cm³/mol. The lowest BCUT2D eigenvalue weighted by atomic mass is 9.79. The summed E-state index contributed by atoms with van der Waals surface area (Å²) in [7, 11) is 0. The van der Waals surface area contributed by atoms with Gasteiger partial charge in [-0.3, -0.25) is 0 Å². The Balaban J connectivity index is 1.97. The molecular weight excluding hydrogens is 237 g/mol. The minimum Gasteiger partial charge on any atom is -0.326 e. The van der Waals surface area contributed by atoms with E-state index in [9.17, 15) is 4.39 Å². The summed E-state index contributed by atoms with van der Waals surface area (Å²) in [6, 6.07) is 13.5. The first-order valence-electron chi connectivity index (χ1n) is 6.87. The molecule has 2 aromatic rings. The third kappa shape index (κ3) is 2.41. The Morgan fingerprint density at radius 2 is 1.95 bits per heavy atom. The Hall–Kier alpha value is -1.67. The number of halogens is 1. The molecule has 1 aliphatic rings. The van der Waals surface area contributed by atoms with Gasteiger partial charge in [-0.2, -0.15) is 0 Å². The first-order chi connectivity index (χ1) is 9.28. The van der Waals surface area contributed by atoms with Crippen LogP contribution in [-0.4, -0.2) is 0 Å². The molecule has 0 radical (unpaired) electrons. The fourth-order valence-corrected chi connectivity index (χ4v) is 2.62. The minimum absolute atomic E-state index is 0.186. The summed E-state index contributed by atoms with van der Waals surface area (Å²) in [6.07, 6.45) is 3.84. The average Bonchev–Trinajstić information content (AvgIpc) is 2.37. The monoisotopic (exact) mass is 255 g/mol. The van der Waals surface area contributed by atoms with Gasteiger partial charge in [-0.1, -0.05) is 42.8 Å². The van der Waals surface area contributed by atoms with E-state index in [1.165, 1.54) is 30.9 Å². The molecule has 0 amide bonds. The molecule has 3 rings (SSSR count). The lowest BCUT2D eigenvalue weighted by Gasteiger charge is -2.26. The Morgan fingerprint density at radius 1 is 1.11 bits per heavy atom. The largest absolute Gasteiger partial charge is 0.326 e. The second kappa shape index (κ2) is 5.14. The Labute approximate surface area is 113 Å². The van der Waals surface area contributed by atoms with E-state index < -0.39 is 0 Å². The molecule has 98 valence electrons.